The van der Waals surface area contributed by atoms with Gasteiger partial charge in [-0.25, -0.2) is 8.42 Å². The topological polar surface area (TPSA) is 85.8 Å². The lowest BCUT2D eigenvalue weighted by atomic mass is 10.2. The molecular weight excluding hydrogens is 398 g/mol. The molecule has 0 bridgehead atoms. The minimum atomic E-state index is -3.33. The fourth-order valence-corrected chi connectivity index (χ4v) is 4.34. The van der Waals surface area contributed by atoms with Crippen molar-refractivity contribution in [2.24, 2.45) is 4.99 Å². The van der Waals surface area contributed by atoms with E-state index >= 15 is 0 Å². The third-order valence-electron chi connectivity index (χ3n) is 5.22. The molecule has 1 saturated heterocycles. The Bertz CT molecular complexity index is 947. The van der Waals surface area contributed by atoms with Crippen LogP contribution in [0.15, 0.2) is 59.6 Å². The number of nitrogens with one attached hydrogen (secondary N) is 3. The molecule has 1 atom stereocenters. The fourth-order valence-electron chi connectivity index (χ4n) is 3.74. The molecule has 1 aliphatic rings. The number of para-hydroxylation sites is 1. The van der Waals surface area contributed by atoms with Gasteiger partial charge in [-0.2, -0.15) is 0 Å². The lowest BCUT2D eigenvalue weighted by Crippen LogP contribution is -2.44. The molecule has 0 radical (unpaired) electrons. The van der Waals surface area contributed by atoms with E-state index in [1.54, 1.807) is 13.1 Å². The summed E-state index contributed by atoms with van der Waals surface area (Å²) in [5.41, 5.74) is 2.77. The SMILES string of the molecule is CN=C(NCc1ccccc1NS(C)(=O)=O)NCC1CCCN1Cc1ccccc1. The van der Waals surface area contributed by atoms with Crippen LogP contribution in [0.3, 0.4) is 0 Å². The Morgan fingerprint density at radius 1 is 1.10 bits per heavy atom. The maximum absolute atomic E-state index is 11.6. The van der Waals surface area contributed by atoms with Crippen LogP contribution in [-0.4, -0.2) is 51.7 Å². The first kappa shape index (κ1) is 22.1. The van der Waals surface area contributed by atoms with E-state index in [1.165, 1.54) is 12.0 Å². The van der Waals surface area contributed by atoms with Crippen LogP contribution in [0.5, 0.6) is 0 Å². The van der Waals surface area contributed by atoms with Crippen molar-refractivity contribution < 1.29 is 8.42 Å². The molecule has 8 heteroatoms. The Morgan fingerprint density at radius 2 is 1.83 bits per heavy atom. The molecule has 1 aliphatic heterocycles. The largest absolute Gasteiger partial charge is 0.355 e. The van der Waals surface area contributed by atoms with Crippen molar-refractivity contribution in [1.82, 2.24) is 15.5 Å². The van der Waals surface area contributed by atoms with Crippen LogP contribution in [0.1, 0.15) is 24.0 Å². The normalized spacial score (nSPS) is 17.7. The van der Waals surface area contributed by atoms with Crippen LogP contribution in [0, 0.1) is 0 Å². The van der Waals surface area contributed by atoms with Gasteiger partial charge in [0, 0.05) is 32.7 Å². The third-order valence-corrected chi connectivity index (χ3v) is 5.81. The monoisotopic (exact) mass is 429 g/mol. The zero-order valence-electron chi connectivity index (χ0n) is 17.6. The van der Waals surface area contributed by atoms with Gasteiger partial charge >= 0.3 is 0 Å². The molecule has 0 spiro atoms. The van der Waals surface area contributed by atoms with Crippen molar-refractivity contribution in [2.45, 2.75) is 32.0 Å². The highest BCUT2D eigenvalue weighted by Crippen LogP contribution is 2.19. The Morgan fingerprint density at radius 3 is 2.57 bits per heavy atom. The number of hydrogen-bond acceptors (Lipinski definition) is 4. The second-order valence-corrected chi connectivity index (χ2v) is 9.34. The second-order valence-electron chi connectivity index (χ2n) is 7.59. The molecule has 0 aromatic heterocycles. The van der Waals surface area contributed by atoms with Crippen LogP contribution in [0.4, 0.5) is 5.69 Å². The smallest absolute Gasteiger partial charge is 0.229 e. The van der Waals surface area contributed by atoms with Gasteiger partial charge < -0.3 is 10.6 Å². The molecule has 2 aromatic carbocycles. The zero-order chi connectivity index (χ0) is 21.4. The molecule has 1 heterocycles. The van der Waals surface area contributed by atoms with E-state index in [9.17, 15) is 8.42 Å². The van der Waals surface area contributed by atoms with E-state index < -0.39 is 10.0 Å². The van der Waals surface area contributed by atoms with Crippen molar-refractivity contribution >= 4 is 21.7 Å². The van der Waals surface area contributed by atoms with E-state index in [0.29, 0.717) is 24.2 Å². The maximum atomic E-state index is 11.6. The maximum Gasteiger partial charge on any atom is 0.229 e. The summed E-state index contributed by atoms with van der Waals surface area (Å²) in [6.45, 7) is 3.36. The number of sulfonamides is 1. The van der Waals surface area contributed by atoms with Gasteiger partial charge in [0.1, 0.15) is 0 Å². The molecule has 7 nitrogen and oxygen atoms in total. The Kier molecular flexibility index (Phi) is 7.70. The van der Waals surface area contributed by atoms with E-state index in [2.05, 4.69) is 49.5 Å². The van der Waals surface area contributed by atoms with Gasteiger partial charge in [-0.3, -0.25) is 14.6 Å². The number of hydrogen-bond donors (Lipinski definition) is 3. The lowest BCUT2D eigenvalue weighted by Gasteiger charge is -2.25. The predicted molar refractivity (Wildman–Crippen MR) is 123 cm³/mol. The fraction of sp³-hybridized carbons (Fsp3) is 0.409. The number of nitrogens with zero attached hydrogens (tertiary/aromatic N) is 2. The van der Waals surface area contributed by atoms with E-state index in [4.69, 9.17) is 0 Å². The predicted octanol–water partition coefficient (Wildman–Crippen LogP) is 2.39. The van der Waals surface area contributed by atoms with Crippen molar-refractivity contribution in [3.05, 3.63) is 65.7 Å². The standard InChI is InChI=1S/C22H31N5O2S/c1-23-22(24-15-19-11-6-7-13-21(19)26-30(2,28)29)25-16-20-12-8-14-27(20)17-18-9-4-3-5-10-18/h3-7,9-11,13,20,26H,8,12,14-17H2,1-2H3,(H2,23,24,25). The molecule has 0 saturated carbocycles. The molecule has 3 N–H and O–H groups in total. The summed E-state index contributed by atoms with van der Waals surface area (Å²) in [6.07, 6.45) is 3.52. The number of anilines is 1. The van der Waals surface area contributed by atoms with E-state index in [0.717, 1.165) is 37.9 Å². The molecule has 1 unspecified atom stereocenters. The highest BCUT2D eigenvalue weighted by atomic mass is 32.2. The van der Waals surface area contributed by atoms with Gasteiger partial charge in [0.2, 0.25) is 10.0 Å². The highest BCUT2D eigenvalue weighted by Gasteiger charge is 2.24. The summed E-state index contributed by atoms with van der Waals surface area (Å²) in [7, 11) is -1.58. The molecule has 162 valence electrons. The Labute approximate surface area is 179 Å². The van der Waals surface area contributed by atoms with Gasteiger partial charge in [-0.15, -0.1) is 0 Å². The van der Waals surface area contributed by atoms with Crippen molar-refractivity contribution in [3.8, 4) is 0 Å². The number of guanidine groups is 1. The first-order chi connectivity index (χ1) is 14.4. The number of likely N-dealkylation sites (tertiary alicyclic amines) is 1. The molecule has 0 amide bonds. The molecule has 0 aliphatic carbocycles. The first-order valence-corrected chi connectivity index (χ1v) is 12.1. The average molecular weight is 430 g/mol. The van der Waals surface area contributed by atoms with E-state index in [-0.39, 0.29) is 0 Å². The van der Waals surface area contributed by atoms with Crippen LogP contribution < -0.4 is 15.4 Å². The summed E-state index contributed by atoms with van der Waals surface area (Å²) in [5.74, 6) is 0.704. The third kappa shape index (κ3) is 6.74. The summed E-state index contributed by atoms with van der Waals surface area (Å²) in [4.78, 5) is 6.83. The summed E-state index contributed by atoms with van der Waals surface area (Å²) in [6, 6.07) is 18.4. The van der Waals surface area contributed by atoms with E-state index in [1.807, 2.05) is 24.3 Å². The van der Waals surface area contributed by atoms with Gasteiger partial charge in [-0.1, -0.05) is 48.5 Å². The van der Waals surface area contributed by atoms with Crippen LogP contribution in [0.2, 0.25) is 0 Å². The Balaban J connectivity index is 1.53. The lowest BCUT2D eigenvalue weighted by molar-refractivity contribution is 0.245. The van der Waals surface area contributed by atoms with Gasteiger partial charge in [-0.05, 0) is 36.6 Å². The summed E-state index contributed by atoms with van der Waals surface area (Å²) < 4.78 is 25.7. The van der Waals surface area contributed by atoms with Gasteiger partial charge in [0.25, 0.3) is 0 Å². The minimum absolute atomic E-state index is 0.461. The highest BCUT2D eigenvalue weighted by molar-refractivity contribution is 7.92. The minimum Gasteiger partial charge on any atom is -0.355 e. The number of benzene rings is 2. The number of rotatable bonds is 8. The molecule has 3 rings (SSSR count). The average Bonchev–Trinajstić information content (AvgIpc) is 3.16. The summed E-state index contributed by atoms with van der Waals surface area (Å²) >= 11 is 0. The molecule has 1 fully saturated rings. The quantitative estimate of drug-likeness (QED) is 0.443. The summed E-state index contributed by atoms with van der Waals surface area (Å²) in [5, 5.41) is 6.71. The molecular formula is C22H31N5O2S. The molecule has 2 aromatic rings. The molecule has 30 heavy (non-hydrogen) atoms. The van der Waals surface area contributed by atoms with Crippen molar-refractivity contribution in [1.29, 1.82) is 0 Å². The van der Waals surface area contributed by atoms with Crippen molar-refractivity contribution in [3.63, 3.8) is 0 Å². The van der Waals surface area contributed by atoms with Gasteiger partial charge in [0.15, 0.2) is 5.96 Å². The van der Waals surface area contributed by atoms with Crippen LogP contribution in [0.25, 0.3) is 0 Å². The van der Waals surface area contributed by atoms with Crippen LogP contribution in [-0.2, 0) is 23.1 Å². The van der Waals surface area contributed by atoms with Crippen molar-refractivity contribution in [2.75, 3.05) is 31.1 Å². The van der Waals surface area contributed by atoms with Crippen LogP contribution >= 0.6 is 0 Å². The first-order valence-electron chi connectivity index (χ1n) is 10.2. The second kappa shape index (κ2) is 10.4. The number of aliphatic imine (C=N–C) groups is 1. The Hall–Kier alpha value is -2.58. The zero-order valence-corrected chi connectivity index (χ0v) is 18.5. The van der Waals surface area contributed by atoms with Gasteiger partial charge in [0.05, 0.1) is 11.9 Å².